The van der Waals surface area contributed by atoms with Crippen LogP contribution in [0.5, 0.6) is 0 Å². The van der Waals surface area contributed by atoms with E-state index in [0.29, 0.717) is 46.2 Å². The number of amides is 2. The molecule has 2 amide bonds. The van der Waals surface area contributed by atoms with Gasteiger partial charge in [0.1, 0.15) is 0 Å². The van der Waals surface area contributed by atoms with Gasteiger partial charge in [0.2, 0.25) is 0 Å². The Labute approximate surface area is 167 Å². The van der Waals surface area contributed by atoms with Crippen LogP contribution in [-0.2, 0) is 34.0 Å². The number of hydrogen-bond donors (Lipinski definition) is 2. The highest BCUT2D eigenvalue weighted by Crippen LogP contribution is 2.12. The van der Waals surface area contributed by atoms with Gasteiger partial charge in [0.05, 0.1) is 26.4 Å². The zero-order chi connectivity index (χ0) is 20.0. The monoisotopic (exact) mass is 386 g/mol. The molecule has 0 aliphatic rings. The summed E-state index contributed by atoms with van der Waals surface area (Å²) in [5, 5.41) is 5.72. The van der Waals surface area contributed by atoms with Crippen molar-refractivity contribution in [2.75, 3.05) is 31.7 Å². The second-order valence-electron chi connectivity index (χ2n) is 6.21. The molecule has 2 aromatic rings. The number of carbonyl (C=O) groups is 1. The number of anilines is 1. The van der Waals surface area contributed by atoms with Gasteiger partial charge in [-0.05, 0) is 42.7 Å². The van der Waals surface area contributed by atoms with E-state index >= 15 is 0 Å². The van der Waals surface area contributed by atoms with E-state index in [0.717, 1.165) is 22.4 Å². The van der Waals surface area contributed by atoms with Gasteiger partial charge in [-0.15, -0.1) is 0 Å². The van der Waals surface area contributed by atoms with Gasteiger partial charge < -0.3 is 24.8 Å². The third kappa shape index (κ3) is 8.52. The molecule has 0 saturated carbocycles. The van der Waals surface area contributed by atoms with Gasteiger partial charge in [0.25, 0.3) is 0 Å². The summed E-state index contributed by atoms with van der Waals surface area (Å²) in [5.41, 5.74) is 3.89. The predicted molar refractivity (Wildman–Crippen MR) is 110 cm³/mol. The molecule has 0 saturated heterocycles. The number of ether oxygens (including phenoxy) is 3. The average molecular weight is 386 g/mol. The molecule has 0 atom stereocenters. The normalized spacial score (nSPS) is 10.6. The minimum atomic E-state index is -0.243. The van der Waals surface area contributed by atoms with Gasteiger partial charge in [-0.1, -0.05) is 36.4 Å². The van der Waals surface area contributed by atoms with Gasteiger partial charge in [0.15, 0.2) is 0 Å². The second kappa shape index (κ2) is 12.9. The molecular weight excluding hydrogens is 356 g/mol. The minimum Gasteiger partial charge on any atom is -0.379 e. The molecule has 0 radical (unpaired) electrons. The summed E-state index contributed by atoms with van der Waals surface area (Å²) in [6.45, 7) is 8.01. The molecule has 2 aromatic carbocycles. The number of hydrogen-bond acceptors (Lipinski definition) is 4. The molecule has 0 aliphatic carbocycles. The van der Waals surface area contributed by atoms with E-state index in [4.69, 9.17) is 14.2 Å². The third-order valence-corrected chi connectivity index (χ3v) is 3.98. The molecule has 0 spiro atoms. The molecule has 0 aliphatic heterocycles. The van der Waals surface area contributed by atoms with Gasteiger partial charge in [-0.2, -0.15) is 0 Å². The third-order valence-electron chi connectivity index (χ3n) is 3.98. The van der Waals surface area contributed by atoms with Gasteiger partial charge in [0, 0.05) is 25.4 Å². The van der Waals surface area contributed by atoms with E-state index in [9.17, 15) is 4.79 Å². The summed E-state index contributed by atoms with van der Waals surface area (Å²) in [7, 11) is 0. The summed E-state index contributed by atoms with van der Waals surface area (Å²) >= 11 is 0. The first-order chi connectivity index (χ1) is 13.7. The molecule has 6 nitrogen and oxygen atoms in total. The van der Waals surface area contributed by atoms with Crippen LogP contribution in [0.3, 0.4) is 0 Å². The molecule has 0 aromatic heterocycles. The SMILES string of the molecule is CCOCCOCc1cccc(NC(=O)NCc2ccc(COCC)cc2)c1. The number of nitrogens with one attached hydrogen (secondary N) is 2. The molecule has 0 fully saturated rings. The number of carbonyl (C=O) groups excluding carboxylic acids is 1. The molecule has 2 rings (SSSR count). The lowest BCUT2D eigenvalue weighted by molar-refractivity contribution is 0.0453. The number of urea groups is 1. The van der Waals surface area contributed by atoms with Crippen LogP contribution in [0.15, 0.2) is 48.5 Å². The van der Waals surface area contributed by atoms with Crippen LogP contribution in [0.2, 0.25) is 0 Å². The van der Waals surface area contributed by atoms with Crippen LogP contribution in [0.1, 0.15) is 30.5 Å². The van der Waals surface area contributed by atoms with E-state index < -0.39 is 0 Å². The highest BCUT2D eigenvalue weighted by Gasteiger charge is 2.03. The predicted octanol–water partition coefficient (Wildman–Crippen LogP) is 4.10. The van der Waals surface area contributed by atoms with Gasteiger partial charge in [-0.3, -0.25) is 0 Å². The lowest BCUT2D eigenvalue weighted by Gasteiger charge is -2.10. The van der Waals surface area contributed by atoms with Crippen LogP contribution >= 0.6 is 0 Å². The first-order valence-electron chi connectivity index (χ1n) is 9.66. The van der Waals surface area contributed by atoms with Crippen molar-refractivity contribution >= 4 is 11.7 Å². The topological polar surface area (TPSA) is 68.8 Å². The van der Waals surface area contributed by atoms with E-state index in [-0.39, 0.29) is 6.03 Å². The standard InChI is InChI=1S/C22H30N2O4/c1-3-26-12-13-28-17-20-6-5-7-21(14-20)24-22(25)23-15-18-8-10-19(11-9-18)16-27-4-2/h5-11,14H,3-4,12-13,15-17H2,1-2H3,(H2,23,24,25). The van der Waals surface area contributed by atoms with E-state index in [1.807, 2.05) is 62.4 Å². The Morgan fingerprint density at radius 2 is 1.50 bits per heavy atom. The summed E-state index contributed by atoms with van der Waals surface area (Å²) in [4.78, 5) is 12.1. The zero-order valence-electron chi connectivity index (χ0n) is 16.7. The molecule has 2 N–H and O–H groups in total. The van der Waals surface area contributed by atoms with Crippen LogP contribution in [-0.4, -0.2) is 32.5 Å². The Morgan fingerprint density at radius 1 is 0.821 bits per heavy atom. The first kappa shape index (κ1) is 21.9. The van der Waals surface area contributed by atoms with Crippen molar-refractivity contribution in [3.05, 3.63) is 65.2 Å². The number of rotatable bonds is 12. The minimum absolute atomic E-state index is 0.243. The quantitative estimate of drug-likeness (QED) is 0.539. The van der Waals surface area contributed by atoms with Crippen LogP contribution in [0, 0.1) is 0 Å². The Bertz CT molecular complexity index is 704. The Kier molecular flexibility index (Phi) is 10.1. The average Bonchev–Trinajstić information content (AvgIpc) is 2.71. The highest BCUT2D eigenvalue weighted by molar-refractivity contribution is 5.89. The zero-order valence-corrected chi connectivity index (χ0v) is 16.7. The molecule has 28 heavy (non-hydrogen) atoms. The maximum Gasteiger partial charge on any atom is 0.319 e. The second-order valence-corrected chi connectivity index (χ2v) is 6.21. The van der Waals surface area contributed by atoms with Crippen molar-refractivity contribution in [2.24, 2.45) is 0 Å². The van der Waals surface area contributed by atoms with Gasteiger partial charge in [-0.25, -0.2) is 4.79 Å². The highest BCUT2D eigenvalue weighted by atomic mass is 16.5. The fraction of sp³-hybridized carbons (Fsp3) is 0.409. The van der Waals surface area contributed by atoms with Crippen molar-refractivity contribution in [2.45, 2.75) is 33.6 Å². The van der Waals surface area contributed by atoms with E-state index in [1.54, 1.807) is 0 Å². The molecular formula is C22H30N2O4. The lowest BCUT2D eigenvalue weighted by Crippen LogP contribution is -2.28. The summed E-state index contributed by atoms with van der Waals surface area (Å²) in [6, 6.07) is 15.4. The largest absolute Gasteiger partial charge is 0.379 e. The molecule has 0 bridgehead atoms. The van der Waals surface area contributed by atoms with Crippen LogP contribution < -0.4 is 10.6 Å². The Balaban J connectivity index is 1.74. The molecule has 0 heterocycles. The smallest absolute Gasteiger partial charge is 0.319 e. The molecule has 6 heteroatoms. The van der Waals surface area contributed by atoms with Crippen molar-refractivity contribution in [3.63, 3.8) is 0 Å². The molecule has 152 valence electrons. The first-order valence-corrected chi connectivity index (χ1v) is 9.66. The Morgan fingerprint density at radius 3 is 2.25 bits per heavy atom. The van der Waals surface area contributed by atoms with Crippen LogP contribution in [0.4, 0.5) is 10.5 Å². The van der Waals surface area contributed by atoms with Crippen molar-refractivity contribution in [1.82, 2.24) is 5.32 Å². The fourth-order valence-corrected chi connectivity index (χ4v) is 2.52. The van der Waals surface area contributed by atoms with Crippen molar-refractivity contribution in [3.8, 4) is 0 Å². The van der Waals surface area contributed by atoms with Crippen molar-refractivity contribution < 1.29 is 19.0 Å². The summed E-state index contributed by atoms with van der Waals surface area (Å²) in [5.74, 6) is 0. The molecule has 0 unspecified atom stereocenters. The van der Waals surface area contributed by atoms with Crippen molar-refractivity contribution in [1.29, 1.82) is 0 Å². The summed E-state index contributed by atoms with van der Waals surface area (Å²) in [6.07, 6.45) is 0. The maximum atomic E-state index is 12.1. The van der Waals surface area contributed by atoms with E-state index in [1.165, 1.54) is 0 Å². The lowest BCUT2D eigenvalue weighted by atomic mass is 10.1. The Hall–Kier alpha value is -2.41. The van der Waals surface area contributed by atoms with Gasteiger partial charge >= 0.3 is 6.03 Å². The van der Waals surface area contributed by atoms with E-state index in [2.05, 4.69) is 10.6 Å². The van der Waals surface area contributed by atoms with Crippen LogP contribution in [0.25, 0.3) is 0 Å². The maximum absolute atomic E-state index is 12.1. The fourth-order valence-electron chi connectivity index (χ4n) is 2.52. The number of benzene rings is 2. The summed E-state index contributed by atoms with van der Waals surface area (Å²) < 4.78 is 16.2.